The summed E-state index contributed by atoms with van der Waals surface area (Å²) >= 11 is 0. The fraction of sp³-hybridized carbons (Fsp3) is 0.357. The van der Waals surface area contributed by atoms with Crippen LogP contribution in [0.3, 0.4) is 0 Å². The number of fused-ring (bicyclic) bond motifs is 3. The number of aliphatic hydroxyl groups excluding tert-OH is 1. The number of pyridine rings is 1. The highest BCUT2D eigenvalue weighted by atomic mass is 16.3. The van der Waals surface area contributed by atoms with E-state index in [0.29, 0.717) is 18.7 Å². The molecule has 0 saturated heterocycles. The number of rotatable bonds is 4. The summed E-state index contributed by atoms with van der Waals surface area (Å²) < 4.78 is 5.62. The molecule has 5 nitrogen and oxygen atoms in total. The number of aliphatic hydroxyl groups is 1. The second-order valence-electron chi connectivity index (χ2n) is 4.61. The van der Waals surface area contributed by atoms with E-state index in [1.54, 1.807) is 0 Å². The van der Waals surface area contributed by atoms with Crippen LogP contribution >= 0.6 is 0 Å². The first-order valence-corrected chi connectivity index (χ1v) is 6.49. The van der Waals surface area contributed by atoms with Crippen LogP contribution < -0.4 is 10.6 Å². The first-order valence-electron chi connectivity index (χ1n) is 6.49. The van der Waals surface area contributed by atoms with Crippen LogP contribution in [0.1, 0.15) is 17.7 Å². The predicted octanol–water partition coefficient (Wildman–Crippen LogP) is 2.37. The lowest BCUT2D eigenvalue weighted by molar-refractivity contribution is 0.292. The molecule has 1 aliphatic rings. The van der Waals surface area contributed by atoms with Gasteiger partial charge in [-0.2, -0.15) is 4.98 Å². The number of anilines is 2. The van der Waals surface area contributed by atoms with Crippen molar-refractivity contribution in [3.63, 3.8) is 0 Å². The van der Waals surface area contributed by atoms with Crippen LogP contribution in [0.2, 0.25) is 0 Å². The van der Waals surface area contributed by atoms with Gasteiger partial charge in [-0.05, 0) is 19.4 Å². The second-order valence-corrected chi connectivity index (χ2v) is 4.61. The van der Waals surface area contributed by atoms with Gasteiger partial charge in [-0.25, -0.2) is 0 Å². The quantitative estimate of drug-likeness (QED) is 0.735. The normalized spacial score (nSPS) is 13.4. The molecule has 0 spiro atoms. The summed E-state index contributed by atoms with van der Waals surface area (Å²) in [5.41, 5.74) is 2.76. The number of nitrogens with zero attached hydrogens (tertiary/aromatic N) is 1. The lowest BCUT2D eigenvalue weighted by Gasteiger charge is -2.17. The minimum Gasteiger partial charge on any atom is -0.443 e. The molecule has 0 aliphatic carbocycles. The van der Waals surface area contributed by atoms with Gasteiger partial charge in [0.1, 0.15) is 11.6 Å². The van der Waals surface area contributed by atoms with Crippen LogP contribution in [-0.4, -0.2) is 29.8 Å². The van der Waals surface area contributed by atoms with Crippen molar-refractivity contribution in [3.8, 4) is 0 Å². The number of nitrogens with one attached hydrogen (secondary N) is 2. The van der Waals surface area contributed by atoms with E-state index >= 15 is 0 Å². The maximum atomic E-state index is 8.85. The lowest BCUT2D eigenvalue weighted by Crippen LogP contribution is -2.11. The Morgan fingerprint density at radius 1 is 1.53 bits per heavy atom. The van der Waals surface area contributed by atoms with E-state index in [4.69, 9.17) is 9.52 Å². The molecule has 19 heavy (non-hydrogen) atoms. The molecule has 3 N–H and O–H groups in total. The largest absolute Gasteiger partial charge is 0.443 e. The SMILES string of the molecule is Cc1cc2c3c(c(NCCCO)nc2o1)C=CCN3. The Balaban J connectivity index is 2.08. The first kappa shape index (κ1) is 12.0. The topological polar surface area (TPSA) is 70.3 Å². The molecule has 3 heterocycles. The molecule has 0 atom stereocenters. The smallest absolute Gasteiger partial charge is 0.230 e. The maximum absolute atomic E-state index is 8.85. The van der Waals surface area contributed by atoms with Gasteiger partial charge in [0.2, 0.25) is 5.71 Å². The van der Waals surface area contributed by atoms with Crippen molar-refractivity contribution in [1.82, 2.24) is 4.98 Å². The Morgan fingerprint density at radius 3 is 3.26 bits per heavy atom. The number of aromatic nitrogens is 1. The monoisotopic (exact) mass is 259 g/mol. The fourth-order valence-corrected chi connectivity index (χ4v) is 2.30. The Morgan fingerprint density at radius 2 is 2.42 bits per heavy atom. The van der Waals surface area contributed by atoms with E-state index in [1.807, 2.05) is 13.0 Å². The standard InChI is InChI=1S/C14H17N3O2/c1-9-8-11-12-10(4-2-5-15-12)13(16-6-3-7-18)17-14(11)19-9/h2,4,8,15,18H,3,5-7H2,1H3,(H,16,17). The number of hydrogen-bond acceptors (Lipinski definition) is 5. The van der Waals surface area contributed by atoms with Crippen LogP contribution in [0, 0.1) is 6.92 Å². The molecule has 3 rings (SSSR count). The van der Waals surface area contributed by atoms with Gasteiger partial charge < -0.3 is 20.2 Å². The third-order valence-corrected chi connectivity index (χ3v) is 3.15. The summed E-state index contributed by atoms with van der Waals surface area (Å²) in [6.45, 7) is 3.60. The van der Waals surface area contributed by atoms with Gasteiger partial charge in [0.05, 0.1) is 11.1 Å². The van der Waals surface area contributed by atoms with E-state index < -0.39 is 0 Å². The van der Waals surface area contributed by atoms with E-state index in [9.17, 15) is 0 Å². The summed E-state index contributed by atoms with van der Waals surface area (Å²) in [4.78, 5) is 4.53. The van der Waals surface area contributed by atoms with Gasteiger partial charge in [-0.15, -0.1) is 0 Å². The van der Waals surface area contributed by atoms with Gasteiger partial charge in [0, 0.05) is 25.3 Å². The van der Waals surface area contributed by atoms with Crippen molar-refractivity contribution in [3.05, 3.63) is 23.5 Å². The molecule has 0 unspecified atom stereocenters. The summed E-state index contributed by atoms with van der Waals surface area (Å²) in [5.74, 6) is 1.65. The third-order valence-electron chi connectivity index (χ3n) is 3.15. The molecule has 5 heteroatoms. The van der Waals surface area contributed by atoms with Crippen LogP contribution in [0.5, 0.6) is 0 Å². The zero-order valence-electron chi connectivity index (χ0n) is 10.9. The Labute approximate surface area is 111 Å². The van der Waals surface area contributed by atoms with Crippen LogP contribution in [0.25, 0.3) is 17.2 Å². The Hall–Kier alpha value is -2.01. The van der Waals surface area contributed by atoms with Gasteiger partial charge in [0.25, 0.3) is 0 Å². The zero-order valence-corrected chi connectivity index (χ0v) is 10.9. The summed E-state index contributed by atoms with van der Waals surface area (Å²) in [5, 5.41) is 16.5. The second kappa shape index (κ2) is 4.93. The maximum Gasteiger partial charge on any atom is 0.230 e. The third kappa shape index (κ3) is 2.17. The van der Waals surface area contributed by atoms with Crippen LogP contribution in [-0.2, 0) is 0 Å². The van der Waals surface area contributed by atoms with Crippen LogP contribution in [0.15, 0.2) is 16.6 Å². The molecule has 0 amide bonds. The molecule has 0 aromatic carbocycles. The number of hydrogen-bond donors (Lipinski definition) is 3. The van der Waals surface area contributed by atoms with E-state index in [-0.39, 0.29) is 6.61 Å². The molecule has 100 valence electrons. The van der Waals surface area contributed by atoms with Crippen molar-refractivity contribution in [2.45, 2.75) is 13.3 Å². The highest BCUT2D eigenvalue weighted by Crippen LogP contribution is 2.35. The van der Waals surface area contributed by atoms with Crippen molar-refractivity contribution in [2.24, 2.45) is 0 Å². The number of furan rings is 1. The van der Waals surface area contributed by atoms with Crippen molar-refractivity contribution in [1.29, 1.82) is 0 Å². The molecule has 0 bridgehead atoms. The molecular formula is C14H17N3O2. The van der Waals surface area contributed by atoms with Gasteiger partial charge in [0.15, 0.2) is 0 Å². The molecule has 0 saturated carbocycles. The lowest BCUT2D eigenvalue weighted by atomic mass is 10.1. The Kier molecular flexibility index (Phi) is 3.13. The van der Waals surface area contributed by atoms with E-state index in [0.717, 1.165) is 34.8 Å². The number of aryl methyl sites for hydroxylation is 1. The molecule has 2 aromatic rings. The average molecular weight is 259 g/mol. The first-order chi connectivity index (χ1) is 9.29. The molecule has 0 fully saturated rings. The van der Waals surface area contributed by atoms with Crippen molar-refractivity contribution >= 4 is 28.7 Å². The minimum atomic E-state index is 0.172. The van der Waals surface area contributed by atoms with Crippen molar-refractivity contribution in [2.75, 3.05) is 30.3 Å². The molecule has 0 radical (unpaired) electrons. The zero-order chi connectivity index (χ0) is 13.2. The van der Waals surface area contributed by atoms with Crippen LogP contribution in [0.4, 0.5) is 11.5 Å². The predicted molar refractivity (Wildman–Crippen MR) is 76.5 cm³/mol. The highest BCUT2D eigenvalue weighted by Gasteiger charge is 2.17. The minimum absolute atomic E-state index is 0.172. The summed E-state index contributed by atoms with van der Waals surface area (Å²) in [6.07, 6.45) is 4.84. The Bertz CT molecular complexity index is 631. The summed E-state index contributed by atoms with van der Waals surface area (Å²) in [6, 6.07) is 2.00. The van der Waals surface area contributed by atoms with Gasteiger partial charge in [-0.1, -0.05) is 12.2 Å². The van der Waals surface area contributed by atoms with Gasteiger partial charge >= 0.3 is 0 Å². The fourth-order valence-electron chi connectivity index (χ4n) is 2.30. The summed E-state index contributed by atoms with van der Waals surface area (Å²) in [7, 11) is 0. The van der Waals surface area contributed by atoms with Crippen molar-refractivity contribution < 1.29 is 9.52 Å². The highest BCUT2D eigenvalue weighted by molar-refractivity contribution is 5.98. The average Bonchev–Trinajstić information content (AvgIpc) is 2.80. The van der Waals surface area contributed by atoms with E-state index in [2.05, 4.69) is 27.8 Å². The molecule has 2 aromatic heterocycles. The molecular weight excluding hydrogens is 242 g/mol. The van der Waals surface area contributed by atoms with E-state index in [1.165, 1.54) is 0 Å². The van der Waals surface area contributed by atoms with Gasteiger partial charge in [-0.3, -0.25) is 0 Å². The molecule has 1 aliphatic heterocycles.